The molecule has 0 saturated heterocycles. The molecule has 3 nitrogen and oxygen atoms in total. The number of nitrogens with one attached hydrogen (secondary N) is 1. The molecule has 15 heavy (non-hydrogen) atoms. The molecule has 0 spiro atoms. The third-order valence-electron chi connectivity index (χ3n) is 1.99. The average molecular weight is 209 g/mol. The maximum Gasteiger partial charge on any atom is 1.00 e. The molecular formula is C11H8NNaO2. The van der Waals surface area contributed by atoms with Gasteiger partial charge in [-0.15, -0.1) is 0 Å². The number of carbonyl (C=O) groups is 1. The zero-order valence-corrected chi connectivity index (χ0v) is 10.4. The molecule has 0 fully saturated rings. The molecule has 0 aliphatic carbocycles. The van der Waals surface area contributed by atoms with Gasteiger partial charge in [-0.25, -0.2) is 0 Å². The molecule has 1 N–H and O–H groups in total. The number of hydrogen-bond donors (Lipinski definition) is 1. The summed E-state index contributed by atoms with van der Waals surface area (Å²) >= 11 is 0. The van der Waals surface area contributed by atoms with Gasteiger partial charge in [-0.3, -0.25) is 0 Å². The third kappa shape index (κ3) is 2.72. The molecule has 0 amide bonds. The number of hydrogen-bond acceptors (Lipinski definition) is 2. The Morgan fingerprint density at radius 1 is 1.07 bits per heavy atom. The van der Waals surface area contributed by atoms with Crippen LogP contribution in [0.25, 0.3) is 11.3 Å². The van der Waals surface area contributed by atoms with Gasteiger partial charge in [0.1, 0.15) is 0 Å². The Labute approximate surface area is 109 Å². The number of carbonyl (C=O) groups excluding carboxylic acids is 1. The van der Waals surface area contributed by atoms with E-state index in [0.717, 1.165) is 11.3 Å². The van der Waals surface area contributed by atoms with E-state index in [1.807, 2.05) is 30.3 Å². The van der Waals surface area contributed by atoms with Gasteiger partial charge in [0.05, 0.1) is 11.7 Å². The van der Waals surface area contributed by atoms with Crippen LogP contribution in [0, 0.1) is 0 Å². The van der Waals surface area contributed by atoms with Gasteiger partial charge in [-0.1, -0.05) is 30.3 Å². The van der Waals surface area contributed by atoms with Crippen LogP contribution < -0.4 is 34.7 Å². The van der Waals surface area contributed by atoms with Gasteiger partial charge >= 0.3 is 29.6 Å². The molecule has 0 bridgehead atoms. The van der Waals surface area contributed by atoms with Gasteiger partial charge in [0.25, 0.3) is 0 Å². The molecule has 1 heterocycles. The summed E-state index contributed by atoms with van der Waals surface area (Å²) in [5, 5.41) is 10.5. The quantitative estimate of drug-likeness (QED) is 0.584. The molecule has 70 valence electrons. The summed E-state index contributed by atoms with van der Waals surface area (Å²) in [4.78, 5) is 13.3. The van der Waals surface area contributed by atoms with Crippen molar-refractivity contribution in [2.75, 3.05) is 0 Å². The van der Waals surface area contributed by atoms with Crippen LogP contribution in [0.1, 0.15) is 10.5 Å². The normalized spacial score (nSPS) is 9.33. The maximum atomic E-state index is 10.5. The number of H-pyrrole nitrogens is 1. The summed E-state index contributed by atoms with van der Waals surface area (Å²) < 4.78 is 0. The Kier molecular flexibility index (Phi) is 4.15. The van der Waals surface area contributed by atoms with Crippen molar-refractivity contribution in [3.05, 3.63) is 48.2 Å². The van der Waals surface area contributed by atoms with Crippen LogP contribution in [0.3, 0.4) is 0 Å². The fraction of sp³-hybridized carbons (Fsp3) is 0. The van der Waals surface area contributed by atoms with Crippen molar-refractivity contribution in [3.8, 4) is 11.3 Å². The van der Waals surface area contributed by atoms with Gasteiger partial charge in [-0.05, 0) is 17.7 Å². The predicted molar refractivity (Wildman–Crippen MR) is 50.6 cm³/mol. The Hall–Kier alpha value is -1.03. The first-order valence-corrected chi connectivity index (χ1v) is 4.23. The van der Waals surface area contributed by atoms with Gasteiger partial charge < -0.3 is 14.9 Å². The topological polar surface area (TPSA) is 55.9 Å². The number of carboxylic acids is 1. The van der Waals surface area contributed by atoms with Crippen molar-refractivity contribution in [2.24, 2.45) is 0 Å². The molecule has 2 rings (SSSR count). The first-order chi connectivity index (χ1) is 6.77. The zero-order chi connectivity index (χ0) is 9.97. The van der Waals surface area contributed by atoms with Gasteiger partial charge in [-0.2, -0.15) is 0 Å². The largest absolute Gasteiger partial charge is 1.00 e. The van der Waals surface area contributed by atoms with Crippen molar-refractivity contribution >= 4 is 5.97 Å². The number of aromatic carboxylic acids is 1. The second-order valence-corrected chi connectivity index (χ2v) is 2.94. The molecule has 1 aromatic carbocycles. The van der Waals surface area contributed by atoms with Crippen LogP contribution in [0.15, 0.2) is 42.5 Å². The first kappa shape index (κ1) is 12.0. The van der Waals surface area contributed by atoms with Crippen molar-refractivity contribution in [2.45, 2.75) is 0 Å². The zero-order valence-electron chi connectivity index (χ0n) is 8.36. The molecule has 4 heteroatoms. The fourth-order valence-corrected chi connectivity index (χ4v) is 1.30. The minimum Gasteiger partial charge on any atom is -0.543 e. The van der Waals surface area contributed by atoms with E-state index in [1.165, 1.54) is 6.07 Å². The Bertz CT molecular complexity index is 451. The fourth-order valence-electron chi connectivity index (χ4n) is 1.30. The standard InChI is InChI=1S/C11H9NO2.Na/c13-11(14)10-7-6-9(12-10)8-4-2-1-3-5-8;/h1-7,12H,(H,13,14);/q;+1/p-1. The van der Waals surface area contributed by atoms with Gasteiger partial charge in [0.2, 0.25) is 0 Å². The molecule has 0 aliphatic rings. The molecule has 0 unspecified atom stereocenters. The minimum absolute atomic E-state index is 0. The van der Waals surface area contributed by atoms with Crippen molar-refractivity contribution in [1.82, 2.24) is 4.98 Å². The smallest absolute Gasteiger partial charge is 0.543 e. The van der Waals surface area contributed by atoms with Crippen LogP contribution in [0.2, 0.25) is 0 Å². The van der Waals surface area contributed by atoms with Crippen LogP contribution in [0.4, 0.5) is 0 Å². The average Bonchev–Trinajstić information content (AvgIpc) is 2.68. The summed E-state index contributed by atoms with van der Waals surface area (Å²) in [6.45, 7) is 0. The van der Waals surface area contributed by atoms with Crippen molar-refractivity contribution in [1.29, 1.82) is 0 Å². The van der Waals surface area contributed by atoms with Crippen LogP contribution >= 0.6 is 0 Å². The number of aromatic amines is 1. The monoisotopic (exact) mass is 209 g/mol. The van der Waals surface area contributed by atoms with Crippen LogP contribution in [-0.2, 0) is 0 Å². The van der Waals surface area contributed by atoms with E-state index in [9.17, 15) is 9.90 Å². The Balaban J connectivity index is 0.00000112. The summed E-state index contributed by atoms with van der Waals surface area (Å²) in [5.74, 6) is -1.19. The second kappa shape index (κ2) is 5.16. The minimum atomic E-state index is -1.19. The van der Waals surface area contributed by atoms with Crippen molar-refractivity contribution < 1.29 is 39.5 Å². The Morgan fingerprint density at radius 3 is 2.27 bits per heavy atom. The van der Waals surface area contributed by atoms with Gasteiger partial charge in [0, 0.05) is 5.69 Å². The molecule has 0 aliphatic heterocycles. The molecule has 0 atom stereocenters. The number of aromatic nitrogens is 1. The molecule has 0 saturated carbocycles. The van der Waals surface area contributed by atoms with Crippen molar-refractivity contribution in [3.63, 3.8) is 0 Å². The first-order valence-electron chi connectivity index (χ1n) is 4.23. The molecule has 1 aromatic heterocycles. The van der Waals surface area contributed by atoms with Crippen LogP contribution in [-0.4, -0.2) is 11.0 Å². The van der Waals surface area contributed by atoms with Gasteiger partial charge in [0.15, 0.2) is 0 Å². The predicted octanol–water partition coefficient (Wildman–Crippen LogP) is -1.95. The second-order valence-electron chi connectivity index (χ2n) is 2.94. The number of rotatable bonds is 2. The summed E-state index contributed by atoms with van der Waals surface area (Å²) in [5.41, 5.74) is 1.84. The third-order valence-corrected chi connectivity index (χ3v) is 1.99. The SMILES string of the molecule is O=C([O-])c1ccc(-c2ccccc2)[nH]1.[Na+]. The summed E-state index contributed by atoms with van der Waals surface area (Å²) in [7, 11) is 0. The van der Waals surface area contributed by atoms with E-state index < -0.39 is 5.97 Å². The van der Waals surface area contributed by atoms with E-state index in [0.29, 0.717) is 0 Å². The van der Waals surface area contributed by atoms with E-state index in [1.54, 1.807) is 6.07 Å². The van der Waals surface area contributed by atoms with E-state index in [-0.39, 0.29) is 35.3 Å². The summed E-state index contributed by atoms with van der Waals surface area (Å²) in [6, 6.07) is 12.7. The summed E-state index contributed by atoms with van der Waals surface area (Å²) in [6.07, 6.45) is 0. The van der Waals surface area contributed by atoms with E-state index in [2.05, 4.69) is 4.98 Å². The number of benzene rings is 1. The molecule has 0 radical (unpaired) electrons. The van der Waals surface area contributed by atoms with E-state index >= 15 is 0 Å². The van der Waals surface area contributed by atoms with Crippen LogP contribution in [0.5, 0.6) is 0 Å². The molecule has 2 aromatic rings. The molecular weight excluding hydrogens is 201 g/mol. The van der Waals surface area contributed by atoms with E-state index in [4.69, 9.17) is 0 Å². The number of carboxylic acid groups (broad SMARTS) is 1. The Morgan fingerprint density at radius 2 is 1.73 bits per heavy atom. The maximum absolute atomic E-state index is 10.5.